The molecule has 2 aromatic heterocycles. The molecule has 3 aromatic rings. The van der Waals surface area contributed by atoms with Crippen LogP contribution in [0.15, 0.2) is 33.9 Å². The Bertz CT molecular complexity index is 1480. The van der Waals surface area contributed by atoms with Crippen LogP contribution in [0.1, 0.15) is 34.1 Å². The van der Waals surface area contributed by atoms with Crippen LogP contribution >= 0.6 is 11.3 Å². The zero-order chi connectivity index (χ0) is 23.8. The van der Waals surface area contributed by atoms with Crippen LogP contribution in [-0.4, -0.2) is 42.4 Å². The Balaban J connectivity index is 1.57. The Kier molecular flexibility index (Phi) is 6.21. The molecule has 0 bridgehead atoms. The van der Waals surface area contributed by atoms with Crippen molar-refractivity contribution in [1.29, 1.82) is 0 Å². The number of hydrogen-bond donors (Lipinski definition) is 2. The summed E-state index contributed by atoms with van der Waals surface area (Å²) < 4.78 is 30.2. The number of rotatable bonds is 6. The number of benzene rings is 1. The third kappa shape index (κ3) is 4.62. The van der Waals surface area contributed by atoms with Gasteiger partial charge in [0.25, 0.3) is 11.1 Å². The molecule has 174 valence electrons. The van der Waals surface area contributed by atoms with Crippen molar-refractivity contribution < 1.29 is 22.7 Å². The Labute approximate surface area is 192 Å². The predicted octanol–water partition coefficient (Wildman–Crippen LogP) is 1.43. The molecule has 0 fully saturated rings. The van der Waals surface area contributed by atoms with Gasteiger partial charge in [0, 0.05) is 11.3 Å². The molecular weight excluding hydrogens is 470 g/mol. The van der Waals surface area contributed by atoms with Crippen LogP contribution in [0.25, 0.3) is 10.8 Å². The lowest BCUT2D eigenvalue weighted by atomic mass is 10.1. The Hall–Kier alpha value is -3.25. The van der Waals surface area contributed by atoms with Crippen molar-refractivity contribution >= 4 is 48.8 Å². The highest BCUT2D eigenvalue weighted by atomic mass is 32.2. The van der Waals surface area contributed by atoms with E-state index in [1.165, 1.54) is 0 Å². The second-order valence-electron chi connectivity index (χ2n) is 7.51. The summed E-state index contributed by atoms with van der Waals surface area (Å²) in [6.45, 7) is 1.70. The number of sulfone groups is 1. The topological polar surface area (TPSA) is 144 Å². The van der Waals surface area contributed by atoms with Crippen LogP contribution in [0.2, 0.25) is 0 Å². The molecule has 4 rings (SSSR count). The summed E-state index contributed by atoms with van der Waals surface area (Å²) in [5.74, 6) is -1.39. The fraction of sp³-hybridized carbons (Fsp3) is 0.333. The number of carbonyl (C=O) groups is 2. The van der Waals surface area contributed by atoms with E-state index in [-0.39, 0.29) is 58.8 Å². The maximum absolute atomic E-state index is 12.6. The predicted molar refractivity (Wildman–Crippen MR) is 124 cm³/mol. The van der Waals surface area contributed by atoms with E-state index in [1.54, 1.807) is 31.2 Å². The van der Waals surface area contributed by atoms with E-state index in [4.69, 9.17) is 4.74 Å². The van der Waals surface area contributed by atoms with Crippen LogP contribution in [0.4, 0.5) is 5.00 Å². The first-order valence-electron chi connectivity index (χ1n) is 10.2. The number of fused-ring (bicyclic) bond motifs is 2. The number of thiophene rings is 1. The molecule has 10 nitrogen and oxygen atoms in total. The SMILES string of the molecule is CCOC(=O)c1c(NC(=O)CCn2[nH]c(=O)c3ccccc3c2=O)sc2c1CCS(=O)(=O)C2. The second kappa shape index (κ2) is 8.94. The molecule has 2 N–H and O–H groups in total. The molecule has 0 unspecified atom stereocenters. The molecule has 1 aromatic carbocycles. The smallest absolute Gasteiger partial charge is 0.341 e. The first kappa shape index (κ1) is 22.9. The largest absolute Gasteiger partial charge is 0.462 e. The van der Waals surface area contributed by atoms with E-state index < -0.39 is 32.8 Å². The van der Waals surface area contributed by atoms with Gasteiger partial charge in [-0.05, 0) is 31.0 Å². The number of anilines is 1. The minimum atomic E-state index is -3.27. The van der Waals surface area contributed by atoms with Crippen LogP contribution in [-0.2, 0) is 38.1 Å². The molecule has 0 saturated carbocycles. The molecule has 33 heavy (non-hydrogen) atoms. The first-order valence-corrected chi connectivity index (χ1v) is 12.9. The Morgan fingerprint density at radius 3 is 2.67 bits per heavy atom. The quantitative estimate of drug-likeness (QED) is 0.496. The molecule has 1 amide bonds. The summed E-state index contributed by atoms with van der Waals surface area (Å²) >= 11 is 1.04. The average molecular weight is 492 g/mol. The van der Waals surface area contributed by atoms with Gasteiger partial charge in [0.1, 0.15) is 5.00 Å². The van der Waals surface area contributed by atoms with Gasteiger partial charge >= 0.3 is 5.97 Å². The molecule has 1 aliphatic rings. The number of ether oxygens (including phenoxy) is 1. The fourth-order valence-corrected chi connectivity index (χ4v) is 6.79. The van der Waals surface area contributed by atoms with E-state index in [2.05, 4.69) is 10.4 Å². The molecular formula is C21H21N3O7S2. The summed E-state index contributed by atoms with van der Waals surface area (Å²) in [5, 5.41) is 5.85. The zero-order valence-electron chi connectivity index (χ0n) is 17.7. The number of amides is 1. The van der Waals surface area contributed by atoms with Gasteiger partial charge in [-0.3, -0.25) is 19.5 Å². The number of aromatic amines is 1. The monoisotopic (exact) mass is 491 g/mol. The van der Waals surface area contributed by atoms with Crippen molar-refractivity contribution in [1.82, 2.24) is 9.78 Å². The second-order valence-corrected chi connectivity index (χ2v) is 10.8. The number of hydrogen-bond acceptors (Lipinski definition) is 8. The molecule has 0 saturated heterocycles. The molecule has 12 heteroatoms. The van der Waals surface area contributed by atoms with Crippen LogP contribution in [0, 0.1) is 0 Å². The van der Waals surface area contributed by atoms with Gasteiger partial charge in [-0.15, -0.1) is 11.3 Å². The van der Waals surface area contributed by atoms with Crippen molar-refractivity contribution in [3.05, 3.63) is 61.0 Å². The van der Waals surface area contributed by atoms with Crippen molar-refractivity contribution in [3.8, 4) is 0 Å². The number of H-pyrrole nitrogens is 1. The molecule has 3 heterocycles. The third-order valence-electron chi connectivity index (χ3n) is 5.28. The third-order valence-corrected chi connectivity index (χ3v) is 8.17. The van der Waals surface area contributed by atoms with Gasteiger partial charge in [-0.1, -0.05) is 12.1 Å². The highest BCUT2D eigenvalue weighted by Gasteiger charge is 2.32. The van der Waals surface area contributed by atoms with Crippen LogP contribution in [0.3, 0.4) is 0 Å². The summed E-state index contributed by atoms with van der Waals surface area (Å²) in [4.78, 5) is 50.5. The standard InChI is InChI=1S/C21H21N3O7S2/c1-2-31-21(28)17-14-8-10-33(29,30)11-15(14)32-19(17)22-16(25)7-9-24-20(27)13-6-4-3-5-12(13)18(26)23-24/h3-6H,2,7-11H2,1H3,(H,22,25)(H,23,26). The van der Waals surface area contributed by atoms with Gasteiger partial charge in [0.15, 0.2) is 9.84 Å². The van der Waals surface area contributed by atoms with Crippen LogP contribution in [0.5, 0.6) is 0 Å². The minimum Gasteiger partial charge on any atom is -0.462 e. The molecule has 0 atom stereocenters. The van der Waals surface area contributed by atoms with Gasteiger partial charge in [0.2, 0.25) is 5.91 Å². The highest BCUT2D eigenvalue weighted by molar-refractivity contribution is 7.90. The number of nitrogens with one attached hydrogen (secondary N) is 2. The molecule has 0 spiro atoms. The van der Waals surface area contributed by atoms with Gasteiger partial charge < -0.3 is 10.1 Å². The fourth-order valence-electron chi connectivity index (χ4n) is 3.74. The molecule has 1 aliphatic heterocycles. The van der Waals surface area contributed by atoms with E-state index in [0.29, 0.717) is 10.4 Å². The van der Waals surface area contributed by atoms with Crippen molar-refractivity contribution in [2.45, 2.75) is 32.1 Å². The lowest BCUT2D eigenvalue weighted by Crippen LogP contribution is -2.31. The Morgan fingerprint density at radius 2 is 1.94 bits per heavy atom. The van der Waals surface area contributed by atoms with E-state index in [0.717, 1.165) is 16.0 Å². The van der Waals surface area contributed by atoms with Gasteiger partial charge in [-0.25, -0.2) is 17.9 Å². The van der Waals surface area contributed by atoms with Gasteiger partial charge in [-0.2, -0.15) is 0 Å². The number of carbonyl (C=O) groups excluding carboxylic acids is 2. The van der Waals surface area contributed by atoms with Gasteiger partial charge in [0.05, 0.1) is 41.0 Å². The number of aryl methyl sites for hydroxylation is 1. The van der Waals surface area contributed by atoms with Crippen molar-refractivity contribution in [2.75, 3.05) is 17.7 Å². The lowest BCUT2D eigenvalue weighted by Gasteiger charge is -2.13. The van der Waals surface area contributed by atoms with Crippen molar-refractivity contribution in [3.63, 3.8) is 0 Å². The number of nitrogens with zero attached hydrogens (tertiary/aromatic N) is 1. The number of aromatic nitrogens is 2. The summed E-state index contributed by atoms with van der Waals surface area (Å²) in [5.41, 5.74) is -0.112. The minimum absolute atomic E-state index is 0.0746. The number of esters is 1. The van der Waals surface area contributed by atoms with E-state index in [1.807, 2.05) is 0 Å². The lowest BCUT2D eigenvalue weighted by molar-refractivity contribution is -0.116. The molecule has 0 radical (unpaired) electrons. The molecule has 0 aliphatic carbocycles. The van der Waals surface area contributed by atoms with Crippen molar-refractivity contribution in [2.24, 2.45) is 0 Å². The highest BCUT2D eigenvalue weighted by Crippen LogP contribution is 2.38. The first-order chi connectivity index (χ1) is 15.7. The summed E-state index contributed by atoms with van der Waals surface area (Å²) in [6, 6.07) is 6.39. The normalized spacial score (nSPS) is 14.6. The summed E-state index contributed by atoms with van der Waals surface area (Å²) in [6.07, 6.45) is 0.0171. The maximum atomic E-state index is 12.6. The van der Waals surface area contributed by atoms with E-state index >= 15 is 0 Å². The van der Waals surface area contributed by atoms with E-state index in [9.17, 15) is 27.6 Å². The summed E-state index contributed by atoms with van der Waals surface area (Å²) in [7, 11) is -3.27. The average Bonchev–Trinajstić information content (AvgIpc) is 3.11. The maximum Gasteiger partial charge on any atom is 0.341 e. The zero-order valence-corrected chi connectivity index (χ0v) is 19.3. The van der Waals surface area contributed by atoms with Crippen LogP contribution < -0.4 is 16.4 Å². The Morgan fingerprint density at radius 1 is 1.21 bits per heavy atom.